The lowest BCUT2D eigenvalue weighted by Gasteiger charge is -2.20. The molecule has 0 aromatic heterocycles. The minimum absolute atomic E-state index is 0.0158. The first-order valence-electron chi connectivity index (χ1n) is 10.6. The third kappa shape index (κ3) is 5.79. The van der Waals surface area contributed by atoms with Crippen molar-refractivity contribution >= 4 is 27.5 Å². The summed E-state index contributed by atoms with van der Waals surface area (Å²) in [5.74, 6) is -1.41. The van der Waals surface area contributed by atoms with Crippen LogP contribution in [-0.4, -0.2) is 40.4 Å². The Hall–Kier alpha value is -3.72. The van der Waals surface area contributed by atoms with Gasteiger partial charge in [-0.1, -0.05) is 29.8 Å². The van der Waals surface area contributed by atoms with Crippen LogP contribution < -0.4 is 14.9 Å². The molecule has 0 atom stereocenters. The van der Waals surface area contributed by atoms with Crippen LogP contribution in [0.15, 0.2) is 71.6 Å². The van der Waals surface area contributed by atoms with Gasteiger partial charge >= 0.3 is 0 Å². The minimum Gasteiger partial charge on any atom is -0.350 e. The number of amides is 2. The van der Waals surface area contributed by atoms with E-state index in [-0.39, 0.29) is 29.1 Å². The number of sulfonamides is 1. The van der Waals surface area contributed by atoms with E-state index in [2.05, 4.69) is 10.6 Å². The van der Waals surface area contributed by atoms with E-state index in [1.54, 1.807) is 19.1 Å². The smallest absolute Gasteiger partial charge is 0.264 e. The number of aryl methyl sites for hydroxylation is 2. The highest BCUT2D eigenvalue weighted by atomic mass is 32.2. The maximum atomic E-state index is 13.6. The van der Waals surface area contributed by atoms with Crippen LogP contribution in [0.3, 0.4) is 0 Å². The Kier molecular flexibility index (Phi) is 7.68. The molecule has 7 nitrogen and oxygen atoms in total. The van der Waals surface area contributed by atoms with E-state index in [9.17, 15) is 22.4 Å². The van der Waals surface area contributed by atoms with Crippen LogP contribution in [0.1, 0.15) is 31.8 Å². The van der Waals surface area contributed by atoms with Crippen molar-refractivity contribution < 1.29 is 22.4 Å². The zero-order valence-corrected chi connectivity index (χ0v) is 19.9. The molecule has 2 N–H and O–H groups in total. The van der Waals surface area contributed by atoms with Crippen molar-refractivity contribution in [3.05, 3.63) is 94.8 Å². The van der Waals surface area contributed by atoms with Gasteiger partial charge in [0.2, 0.25) is 0 Å². The lowest BCUT2D eigenvalue weighted by Crippen LogP contribution is -2.35. The van der Waals surface area contributed by atoms with E-state index in [1.165, 1.54) is 43.4 Å². The summed E-state index contributed by atoms with van der Waals surface area (Å²) >= 11 is 0. The second-order valence-electron chi connectivity index (χ2n) is 7.81. The largest absolute Gasteiger partial charge is 0.350 e. The fraction of sp³-hybridized carbons (Fsp3) is 0.200. The zero-order valence-electron chi connectivity index (χ0n) is 19.1. The quantitative estimate of drug-likeness (QED) is 0.480. The van der Waals surface area contributed by atoms with Gasteiger partial charge in [0.15, 0.2) is 0 Å². The molecule has 2 amide bonds. The van der Waals surface area contributed by atoms with Gasteiger partial charge in [0, 0.05) is 31.3 Å². The van der Waals surface area contributed by atoms with Gasteiger partial charge < -0.3 is 10.6 Å². The molecule has 0 spiro atoms. The van der Waals surface area contributed by atoms with Crippen LogP contribution in [0.5, 0.6) is 0 Å². The molecule has 0 saturated carbocycles. The predicted octanol–water partition coefficient (Wildman–Crippen LogP) is 3.43. The van der Waals surface area contributed by atoms with Crippen LogP contribution in [0.25, 0.3) is 0 Å². The molecular formula is C25H26FN3O4S. The molecule has 0 radical (unpaired) electrons. The van der Waals surface area contributed by atoms with Crippen molar-refractivity contribution in [3.63, 3.8) is 0 Å². The Labute approximate surface area is 198 Å². The highest BCUT2D eigenvalue weighted by Crippen LogP contribution is 2.23. The molecule has 0 aliphatic rings. The third-order valence-corrected chi connectivity index (χ3v) is 7.06. The molecule has 0 aliphatic carbocycles. The summed E-state index contributed by atoms with van der Waals surface area (Å²) in [6, 6.07) is 17.0. The van der Waals surface area contributed by atoms with Crippen molar-refractivity contribution in [1.29, 1.82) is 0 Å². The van der Waals surface area contributed by atoms with Gasteiger partial charge in [0.25, 0.3) is 21.8 Å². The molecule has 0 aliphatic heterocycles. The van der Waals surface area contributed by atoms with Crippen LogP contribution in [0, 0.1) is 19.7 Å². The molecule has 0 unspecified atom stereocenters. The van der Waals surface area contributed by atoms with Crippen molar-refractivity contribution in [3.8, 4) is 0 Å². The van der Waals surface area contributed by atoms with Crippen LogP contribution in [-0.2, 0) is 10.0 Å². The topological polar surface area (TPSA) is 95.6 Å². The normalized spacial score (nSPS) is 11.1. The molecule has 3 aromatic rings. The second kappa shape index (κ2) is 10.5. The lowest BCUT2D eigenvalue weighted by molar-refractivity contribution is 0.0927. The molecule has 0 heterocycles. The number of benzene rings is 3. The number of halogens is 1. The number of nitrogens with zero attached hydrogens (tertiary/aromatic N) is 1. The third-order valence-electron chi connectivity index (χ3n) is 5.28. The summed E-state index contributed by atoms with van der Waals surface area (Å²) in [6.07, 6.45) is 0. The highest BCUT2D eigenvalue weighted by Gasteiger charge is 2.22. The van der Waals surface area contributed by atoms with Crippen LogP contribution in [0.4, 0.5) is 10.1 Å². The standard InChI is InChI=1S/C25H26FN3O4S/c1-17-7-11-21(12-8-17)29(3)34(32,33)22-6-4-5-19(15-22)24(30)27-13-14-28-25(31)20-10-9-18(2)23(26)16-20/h4-12,15-16H,13-14H2,1-3H3,(H,27,30)(H,28,31). The predicted molar refractivity (Wildman–Crippen MR) is 129 cm³/mol. The van der Waals surface area contributed by atoms with E-state index in [0.29, 0.717) is 11.3 Å². The van der Waals surface area contributed by atoms with E-state index in [1.807, 2.05) is 19.1 Å². The van der Waals surface area contributed by atoms with Crippen molar-refractivity contribution in [2.75, 3.05) is 24.4 Å². The molecule has 9 heteroatoms. The van der Waals surface area contributed by atoms with Gasteiger partial charge in [-0.3, -0.25) is 13.9 Å². The molecule has 0 bridgehead atoms. The van der Waals surface area contributed by atoms with Crippen molar-refractivity contribution in [2.24, 2.45) is 0 Å². The first-order valence-corrected chi connectivity index (χ1v) is 12.0. The molecule has 34 heavy (non-hydrogen) atoms. The Bertz CT molecular complexity index is 1310. The minimum atomic E-state index is -3.87. The number of hydrogen-bond donors (Lipinski definition) is 2. The van der Waals surface area contributed by atoms with Crippen LogP contribution >= 0.6 is 0 Å². The monoisotopic (exact) mass is 483 g/mol. The summed E-state index contributed by atoms with van der Waals surface area (Å²) in [7, 11) is -2.42. The van der Waals surface area contributed by atoms with Gasteiger partial charge in [-0.05, 0) is 61.9 Å². The van der Waals surface area contributed by atoms with Gasteiger partial charge in [0.05, 0.1) is 10.6 Å². The average Bonchev–Trinajstić information content (AvgIpc) is 2.83. The maximum Gasteiger partial charge on any atom is 0.264 e. The molecule has 178 valence electrons. The van der Waals surface area contributed by atoms with E-state index >= 15 is 0 Å². The molecule has 0 fully saturated rings. The number of rotatable bonds is 8. The first kappa shape index (κ1) is 24.9. The summed E-state index contributed by atoms with van der Waals surface area (Å²) in [5.41, 5.74) is 2.31. The van der Waals surface area contributed by atoms with Gasteiger partial charge in [0.1, 0.15) is 5.82 Å². The molecular weight excluding hydrogens is 457 g/mol. The molecule has 3 aromatic carbocycles. The van der Waals surface area contributed by atoms with Crippen molar-refractivity contribution in [2.45, 2.75) is 18.7 Å². The van der Waals surface area contributed by atoms with E-state index in [0.717, 1.165) is 15.9 Å². The Balaban J connectivity index is 1.60. The van der Waals surface area contributed by atoms with Gasteiger partial charge in [-0.25, -0.2) is 12.8 Å². The average molecular weight is 484 g/mol. The summed E-state index contributed by atoms with van der Waals surface area (Å²) < 4.78 is 40.8. The number of hydrogen-bond acceptors (Lipinski definition) is 4. The Morgan fingerprint density at radius 3 is 2.03 bits per heavy atom. The highest BCUT2D eigenvalue weighted by molar-refractivity contribution is 7.92. The van der Waals surface area contributed by atoms with Gasteiger partial charge in [-0.2, -0.15) is 0 Å². The van der Waals surface area contributed by atoms with E-state index < -0.39 is 27.7 Å². The molecule has 3 rings (SSSR count). The Morgan fingerprint density at radius 2 is 1.44 bits per heavy atom. The van der Waals surface area contributed by atoms with E-state index in [4.69, 9.17) is 0 Å². The summed E-state index contributed by atoms with van der Waals surface area (Å²) in [5, 5.41) is 5.24. The second-order valence-corrected chi connectivity index (χ2v) is 9.78. The summed E-state index contributed by atoms with van der Waals surface area (Å²) in [6.45, 7) is 3.74. The zero-order chi connectivity index (χ0) is 24.9. The maximum absolute atomic E-state index is 13.6. The number of carbonyl (C=O) groups excluding carboxylic acids is 2. The number of nitrogens with one attached hydrogen (secondary N) is 2. The van der Waals surface area contributed by atoms with Crippen molar-refractivity contribution in [1.82, 2.24) is 10.6 Å². The lowest BCUT2D eigenvalue weighted by atomic mass is 10.1. The summed E-state index contributed by atoms with van der Waals surface area (Å²) in [4.78, 5) is 24.6. The first-order chi connectivity index (χ1) is 16.1. The Morgan fingerprint density at radius 1 is 0.853 bits per heavy atom. The van der Waals surface area contributed by atoms with Crippen LogP contribution in [0.2, 0.25) is 0 Å². The number of anilines is 1. The number of carbonyl (C=O) groups is 2. The van der Waals surface area contributed by atoms with Gasteiger partial charge in [-0.15, -0.1) is 0 Å². The molecule has 0 saturated heterocycles. The fourth-order valence-corrected chi connectivity index (χ4v) is 4.38. The SMILES string of the molecule is Cc1ccc(N(C)S(=O)(=O)c2cccc(C(=O)NCCNC(=O)c3ccc(C)c(F)c3)c2)cc1. The fourth-order valence-electron chi connectivity index (χ4n) is 3.14.